The molecule has 0 bridgehead atoms. The zero-order chi connectivity index (χ0) is 21.6. The zero-order valence-corrected chi connectivity index (χ0v) is 17.7. The fourth-order valence-corrected chi connectivity index (χ4v) is 4.19. The monoisotopic (exact) mass is 442 g/mol. The molecule has 4 rings (SSSR count). The van der Waals surface area contributed by atoms with Crippen LogP contribution in [0.15, 0.2) is 54.9 Å². The Kier molecular flexibility index (Phi) is 6.89. The van der Waals surface area contributed by atoms with Gasteiger partial charge in [-0.15, -0.1) is 5.10 Å². The molecule has 1 aliphatic heterocycles. The lowest BCUT2D eigenvalue weighted by Crippen LogP contribution is -2.49. The van der Waals surface area contributed by atoms with Gasteiger partial charge in [0.25, 0.3) is 0 Å². The van der Waals surface area contributed by atoms with Crippen molar-refractivity contribution in [1.82, 2.24) is 30.4 Å². The Morgan fingerprint density at radius 3 is 2.84 bits per heavy atom. The summed E-state index contributed by atoms with van der Waals surface area (Å²) in [7, 11) is 0. The van der Waals surface area contributed by atoms with Crippen molar-refractivity contribution in [3.63, 3.8) is 0 Å². The number of benzene rings is 2. The van der Waals surface area contributed by atoms with E-state index in [9.17, 15) is 9.18 Å². The number of piperidine rings is 1. The highest BCUT2D eigenvalue weighted by Gasteiger charge is 2.27. The molecule has 9 heteroatoms. The molecular formula is C22H24ClFN6O. The van der Waals surface area contributed by atoms with E-state index in [4.69, 9.17) is 11.6 Å². The van der Waals surface area contributed by atoms with Crippen molar-refractivity contribution in [3.05, 3.63) is 76.8 Å². The molecule has 31 heavy (non-hydrogen) atoms. The van der Waals surface area contributed by atoms with Gasteiger partial charge in [-0.25, -0.2) is 9.07 Å². The summed E-state index contributed by atoms with van der Waals surface area (Å²) in [6, 6.07) is 13.8. The van der Waals surface area contributed by atoms with Gasteiger partial charge in [0.15, 0.2) is 0 Å². The Balaban J connectivity index is 1.41. The Bertz CT molecular complexity index is 1000. The van der Waals surface area contributed by atoms with Gasteiger partial charge < -0.3 is 5.32 Å². The number of aromatic nitrogens is 4. The molecule has 1 aliphatic rings. The Hall–Kier alpha value is -2.84. The van der Waals surface area contributed by atoms with Crippen LogP contribution in [0.3, 0.4) is 0 Å². The van der Waals surface area contributed by atoms with E-state index in [1.165, 1.54) is 23.1 Å². The van der Waals surface area contributed by atoms with E-state index < -0.39 is 6.04 Å². The number of nitrogens with one attached hydrogen (secondary N) is 1. The highest BCUT2D eigenvalue weighted by Crippen LogP contribution is 2.22. The Labute approximate surface area is 185 Å². The first-order chi connectivity index (χ1) is 15.1. The second-order valence-corrected chi connectivity index (χ2v) is 8.22. The summed E-state index contributed by atoms with van der Waals surface area (Å²) in [6.45, 7) is 2.22. The van der Waals surface area contributed by atoms with E-state index in [-0.39, 0.29) is 17.8 Å². The SMILES string of the molecule is O=C(NC1CCCN(Cc2ccc(F)cc2Cl)C1)C(Cc1ccccc1)n1cnnn1. The number of hydrogen-bond acceptors (Lipinski definition) is 5. The number of carbonyl (C=O) groups is 1. The summed E-state index contributed by atoms with van der Waals surface area (Å²) in [6.07, 6.45) is 3.82. The molecule has 1 fully saturated rings. The van der Waals surface area contributed by atoms with Crippen LogP contribution < -0.4 is 5.32 Å². The third-order valence-corrected chi connectivity index (χ3v) is 5.87. The third kappa shape index (κ3) is 5.65. The Morgan fingerprint density at radius 1 is 1.26 bits per heavy atom. The lowest BCUT2D eigenvalue weighted by molar-refractivity contribution is -0.125. The molecule has 0 saturated carbocycles. The van der Waals surface area contributed by atoms with E-state index in [1.54, 1.807) is 6.07 Å². The summed E-state index contributed by atoms with van der Waals surface area (Å²) in [5, 5.41) is 14.9. The molecule has 3 aromatic rings. The lowest BCUT2D eigenvalue weighted by Gasteiger charge is -2.34. The number of rotatable bonds is 7. The first-order valence-electron chi connectivity index (χ1n) is 10.3. The van der Waals surface area contributed by atoms with Crippen LogP contribution in [0, 0.1) is 5.82 Å². The highest BCUT2D eigenvalue weighted by molar-refractivity contribution is 6.31. The number of carbonyl (C=O) groups excluding carboxylic acids is 1. The minimum atomic E-state index is -0.528. The Morgan fingerprint density at radius 2 is 2.10 bits per heavy atom. The van der Waals surface area contributed by atoms with Gasteiger partial charge in [0, 0.05) is 30.6 Å². The van der Waals surface area contributed by atoms with Crippen molar-refractivity contribution in [2.45, 2.75) is 37.9 Å². The summed E-state index contributed by atoms with van der Waals surface area (Å²) < 4.78 is 14.8. The van der Waals surface area contributed by atoms with Gasteiger partial charge in [-0.05, 0) is 53.1 Å². The molecule has 7 nitrogen and oxygen atoms in total. The predicted molar refractivity (Wildman–Crippen MR) is 115 cm³/mol. The molecule has 1 aromatic heterocycles. The van der Waals surface area contributed by atoms with Gasteiger partial charge in [0.1, 0.15) is 18.2 Å². The minimum absolute atomic E-state index is 0.00947. The second kappa shape index (κ2) is 9.98. The molecule has 1 saturated heterocycles. The summed E-state index contributed by atoms with van der Waals surface area (Å²) in [5.41, 5.74) is 1.92. The number of hydrogen-bond donors (Lipinski definition) is 1. The van der Waals surface area contributed by atoms with Crippen LogP contribution in [0.5, 0.6) is 0 Å². The van der Waals surface area contributed by atoms with E-state index in [0.29, 0.717) is 24.5 Å². The fraction of sp³-hybridized carbons (Fsp3) is 0.364. The standard InChI is InChI=1S/C22H24ClFN6O/c23-20-12-18(24)9-8-17(20)13-29-10-4-7-19(14-29)26-22(31)21(30-15-25-27-28-30)11-16-5-2-1-3-6-16/h1-3,5-6,8-9,12,15,19,21H,4,7,10-11,13-14H2,(H,26,31). The van der Waals surface area contributed by atoms with Crippen LogP contribution in [0.4, 0.5) is 4.39 Å². The van der Waals surface area contributed by atoms with Crippen LogP contribution in [-0.4, -0.2) is 50.1 Å². The average molecular weight is 443 g/mol. The fourth-order valence-electron chi connectivity index (χ4n) is 3.96. The molecule has 0 radical (unpaired) electrons. The maximum absolute atomic E-state index is 13.3. The molecule has 1 amide bonds. The molecule has 162 valence electrons. The topological polar surface area (TPSA) is 75.9 Å². The number of amides is 1. The maximum Gasteiger partial charge on any atom is 0.245 e. The minimum Gasteiger partial charge on any atom is -0.350 e. The maximum atomic E-state index is 13.3. The summed E-state index contributed by atoms with van der Waals surface area (Å²) in [4.78, 5) is 15.4. The van der Waals surface area contributed by atoms with Crippen LogP contribution >= 0.6 is 11.6 Å². The van der Waals surface area contributed by atoms with Crippen molar-refractivity contribution in [1.29, 1.82) is 0 Å². The van der Waals surface area contributed by atoms with E-state index in [1.807, 2.05) is 30.3 Å². The van der Waals surface area contributed by atoms with Crippen LogP contribution in [0.1, 0.15) is 30.0 Å². The van der Waals surface area contributed by atoms with Gasteiger partial charge in [-0.1, -0.05) is 48.0 Å². The van der Waals surface area contributed by atoms with Gasteiger partial charge >= 0.3 is 0 Å². The van der Waals surface area contributed by atoms with Crippen LogP contribution in [0.25, 0.3) is 0 Å². The molecule has 2 unspecified atom stereocenters. The van der Waals surface area contributed by atoms with Gasteiger partial charge in [-0.2, -0.15) is 0 Å². The van der Waals surface area contributed by atoms with Gasteiger partial charge in [0.2, 0.25) is 5.91 Å². The summed E-state index contributed by atoms with van der Waals surface area (Å²) in [5.74, 6) is -0.451. The van der Waals surface area contributed by atoms with Crippen molar-refractivity contribution in [2.24, 2.45) is 0 Å². The number of nitrogens with zero attached hydrogens (tertiary/aromatic N) is 5. The molecule has 0 spiro atoms. The van der Waals surface area contributed by atoms with Crippen molar-refractivity contribution >= 4 is 17.5 Å². The third-order valence-electron chi connectivity index (χ3n) is 5.52. The summed E-state index contributed by atoms with van der Waals surface area (Å²) >= 11 is 6.19. The lowest BCUT2D eigenvalue weighted by atomic mass is 10.0. The van der Waals surface area contributed by atoms with E-state index >= 15 is 0 Å². The molecule has 2 atom stereocenters. The number of tetrazole rings is 1. The molecule has 2 aromatic carbocycles. The molecule has 2 heterocycles. The van der Waals surface area contributed by atoms with Gasteiger partial charge in [0.05, 0.1) is 0 Å². The first-order valence-corrected chi connectivity index (χ1v) is 10.7. The molecular weight excluding hydrogens is 419 g/mol. The molecule has 1 N–H and O–H groups in total. The van der Waals surface area contributed by atoms with E-state index in [0.717, 1.165) is 30.5 Å². The van der Waals surface area contributed by atoms with Crippen molar-refractivity contribution in [2.75, 3.05) is 13.1 Å². The van der Waals surface area contributed by atoms with Crippen LogP contribution in [0.2, 0.25) is 5.02 Å². The zero-order valence-electron chi connectivity index (χ0n) is 17.0. The highest BCUT2D eigenvalue weighted by atomic mass is 35.5. The first kappa shape index (κ1) is 21.4. The largest absolute Gasteiger partial charge is 0.350 e. The normalized spacial score (nSPS) is 17.9. The van der Waals surface area contributed by atoms with Crippen LogP contribution in [-0.2, 0) is 17.8 Å². The molecule has 0 aliphatic carbocycles. The van der Waals surface area contributed by atoms with Crippen molar-refractivity contribution in [3.8, 4) is 0 Å². The average Bonchev–Trinajstić information content (AvgIpc) is 3.29. The smallest absolute Gasteiger partial charge is 0.245 e. The second-order valence-electron chi connectivity index (χ2n) is 7.81. The van der Waals surface area contributed by atoms with Crippen molar-refractivity contribution < 1.29 is 9.18 Å². The predicted octanol–water partition coefficient (Wildman–Crippen LogP) is 3.03. The number of halogens is 2. The quantitative estimate of drug-likeness (QED) is 0.608. The van der Waals surface area contributed by atoms with E-state index in [2.05, 4.69) is 25.7 Å². The number of likely N-dealkylation sites (tertiary alicyclic amines) is 1. The van der Waals surface area contributed by atoms with Gasteiger partial charge in [-0.3, -0.25) is 9.69 Å².